The van der Waals surface area contributed by atoms with Crippen molar-refractivity contribution in [2.75, 3.05) is 5.32 Å². The second kappa shape index (κ2) is 8.09. The highest BCUT2D eigenvalue weighted by Gasteiger charge is 2.02. The lowest BCUT2D eigenvalue weighted by molar-refractivity contribution is 0.306. The molecule has 0 atom stereocenters. The molecule has 0 aliphatic rings. The van der Waals surface area contributed by atoms with Crippen LogP contribution in [0.15, 0.2) is 66.7 Å². The van der Waals surface area contributed by atoms with Crippen molar-refractivity contribution in [2.45, 2.75) is 27.0 Å². The third-order valence-electron chi connectivity index (χ3n) is 4.36. The van der Waals surface area contributed by atoms with E-state index < -0.39 is 0 Å². The number of anilines is 1. The zero-order valence-electron chi connectivity index (χ0n) is 14.6. The van der Waals surface area contributed by atoms with Crippen LogP contribution in [-0.4, -0.2) is 0 Å². The molecule has 0 spiro atoms. The average Bonchev–Trinajstić information content (AvgIpc) is 2.63. The van der Waals surface area contributed by atoms with Gasteiger partial charge in [-0.3, -0.25) is 0 Å². The van der Waals surface area contributed by atoms with E-state index in [0.29, 0.717) is 6.61 Å². The molecular formula is C22H22ClNO. The third-order valence-corrected chi connectivity index (χ3v) is 4.73. The van der Waals surface area contributed by atoms with Crippen LogP contribution in [0.1, 0.15) is 22.3 Å². The summed E-state index contributed by atoms with van der Waals surface area (Å²) in [4.78, 5) is 0. The van der Waals surface area contributed by atoms with E-state index in [1.54, 1.807) is 0 Å². The fourth-order valence-corrected chi connectivity index (χ4v) is 2.81. The lowest BCUT2D eigenvalue weighted by atomic mass is 10.1. The molecule has 0 radical (unpaired) electrons. The molecule has 0 heterocycles. The zero-order valence-corrected chi connectivity index (χ0v) is 15.3. The minimum Gasteiger partial charge on any atom is -0.489 e. The van der Waals surface area contributed by atoms with Crippen molar-refractivity contribution in [3.05, 3.63) is 94.0 Å². The Labute approximate surface area is 154 Å². The van der Waals surface area contributed by atoms with Gasteiger partial charge < -0.3 is 10.1 Å². The van der Waals surface area contributed by atoms with Gasteiger partial charge in [0.2, 0.25) is 0 Å². The van der Waals surface area contributed by atoms with Gasteiger partial charge in [0.05, 0.1) is 0 Å². The predicted octanol–water partition coefficient (Wildman–Crippen LogP) is 6.15. The molecule has 3 heteroatoms. The summed E-state index contributed by atoms with van der Waals surface area (Å²) in [7, 11) is 0. The van der Waals surface area contributed by atoms with Crippen LogP contribution in [0.4, 0.5) is 5.69 Å². The maximum Gasteiger partial charge on any atom is 0.119 e. The molecule has 0 bridgehead atoms. The second-order valence-electron chi connectivity index (χ2n) is 6.13. The first-order valence-corrected chi connectivity index (χ1v) is 8.76. The third kappa shape index (κ3) is 4.55. The van der Waals surface area contributed by atoms with Crippen molar-refractivity contribution in [1.82, 2.24) is 0 Å². The van der Waals surface area contributed by atoms with E-state index in [1.165, 1.54) is 22.4 Å². The summed E-state index contributed by atoms with van der Waals surface area (Å²) < 4.78 is 5.82. The summed E-state index contributed by atoms with van der Waals surface area (Å²) in [5.41, 5.74) is 5.98. The number of halogens is 1. The second-order valence-corrected chi connectivity index (χ2v) is 6.53. The van der Waals surface area contributed by atoms with Crippen LogP contribution in [0.3, 0.4) is 0 Å². The first-order chi connectivity index (χ1) is 12.1. The van der Waals surface area contributed by atoms with Crippen LogP contribution >= 0.6 is 11.6 Å². The minimum atomic E-state index is 0.472. The normalized spacial score (nSPS) is 10.5. The van der Waals surface area contributed by atoms with E-state index in [2.05, 4.69) is 49.5 Å². The average molecular weight is 352 g/mol. The van der Waals surface area contributed by atoms with Gasteiger partial charge in [0.15, 0.2) is 0 Å². The highest BCUT2D eigenvalue weighted by atomic mass is 35.5. The molecule has 3 rings (SSSR count). The Kier molecular flexibility index (Phi) is 5.62. The van der Waals surface area contributed by atoms with Gasteiger partial charge in [-0.25, -0.2) is 0 Å². The molecular weight excluding hydrogens is 330 g/mol. The maximum absolute atomic E-state index is 6.15. The van der Waals surface area contributed by atoms with Gasteiger partial charge in [0, 0.05) is 22.8 Å². The summed E-state index contributed by atoms with van der Waals surface area (Å²) in [5, 5.41) is 4.23. The van der Waals surface area contributed by atoms with Crippen molar-refractivity contribution < 1.29 is 4.74 Å². The largest absolute Gasteiger partial charge is 0.489 e. The minimum absolute atomic E-state index is 0.472. The molecule has 0 saturated carbocycles. The highest BCUT2D eigenvalue weighted by Crippen LogP contribution is 2.21. The van der Waals surface area contributed by atoms with Crippen LogP contribution in [-0.2, 0) is 13.2 Å². The monoisotopic (exact) mass is 351 g/mol. The molecule has 128 valence electrons. The fraction of sp³-hybridized carbons (Fsp3) is 0.182. The van der Waals surface area contributed by atoms with Crippen molar-refractivity contribution in [3.8, 4) is 5.75 Å². The van der Waals surface area contributed by atoms with E-state index in [9.17, 15) is 0 Å². The Morgan fingerprint density at radius 3 is 2.40 bits per heavy atom. The van der Waals surface area contributed by atoms with Gasteiger partial charge in [0.25, 0.3) is 0 Å². The van der Waals surface area contributed by atoms with Crippen molar-refractivity contribution in [3.63, 3.8) is 0 Å². The molecule has 0 amide bonds. The first kappa shape index (κ1) is 17.4. The van der Waals surface area contributed by atoms with Crippen molar-refractivity contribution in [2.24, 2.45) is 0 Å². The molecule has 25 heavy (non-hydrogen) atoms. The summed E-state index contributed by atoms with van der Waals surface area (Å²) >= 11 is 6.15. The van der Waals surface area contributed by atoms with E-state index in [-0.39, 0.29) is 0 Å². The lowest BCUT2D eigenvalue weighted by Crippen LogP contribution is -2.02. The van der Waals surface area contributed by atoms with E-state index in [1.807, 2.05) is 36.4 Å². The van der Waals surface area contributed by atoms with Crippen LogP contribution in [0.25, 0.3) is 0 Å². The smallest absolute Gasteiger partial charge is 0.119 e. The highest BCUT2D eigenvalue weighted by molar-refractivity contribution is 6.31. The number of aryl methyl sites for hydroxylation is 1. The summed E-state index contributed by atoms with van der Waals surface area (Å²) in [6.07, 6.45) is 0. The number of hydrogen-bond donors (Lipinski definition) is 1. The fourth-order valence-electron chi connectivity index (χ4n) is 2.62. The molecule has 3 aromatic rings. The Morgan fingerprint density at radius 2 is 1.64 bits per heavy atom. The Morgan fingerprint density at radius 1 is 0.880 bits per heavy atom. The molecule has 0 fully saturated rings. The molecule has 0 aliphatic heterocycles. The summed E-state index contributed by atoms with van der Waals surface area (Å²) in [6.45, 7) is 5.53. The van der Waals surface area contributed by atoms with Gasteiger partial charge in [-0.2, -0.15) is 0 Å². The van der Waals surface area contributed by atoms with Crippen LogP contribution in [0, 0.1) is 13.8 Å². The molecule has 0 aliphatic carbocycles. The maximum atomic E-state index is 6.15. The zero-order chi connectivity index (χ0) is 17.6. The molecule has 1 N–H and O–H groups in total. The molecule has 0 saturated heterocycles. The van der Waals surface area contributed by atoms with Crippen molar-refractivity contribution in [1.29, 1.82) is 0 Å². The standard InChI is InChI=1S/C22H22ClNO/c1-16-6-5-9-22(17(16)2)24-14-18-10-12-20(13-11-18)25-15-19-7-3-4-8-21(19)23/h3-13,24H,14-15H2,1-2H3. The molecule has 3 aromatic carbocycles. The lowest BCUT2D eigenvalue weighted by Gasteiger charge is -2.12. The van der Waals surface area contributed by atoms with Crippen LogP contribution in [0.5, 0.6) is 5.75 Å². The molecule has 0 aromatic heterocycles. The van der Waals surface area contributed by atoms with Gasteiger partial charge in [-0.15, -0.1) is 0 Å². The Balaban J connectivity index is 1.57. The van der Waals surface area contributed by atoms with Crippen LogP contribution in [0.2, 0.25) is 5.02 Å². The van der Waals surface area contributed by atoms with E-state index in [0.717, 1.165) is 22.9 Å². The molecule has 0 unspecified atom stereocenters. The van der Waals surface area contributed by atoms with Crippen LogP contribution < -0.4 is 10.1 Å². The number of nitrogens with one attached hydrogen (secondary N) is 1. The molecule has 2 nitrogen and oxygen atoms in total. The van der Waals surface area contributed by atoms with E-state index in [4.69, 9.17) is 16.3 Å². The topological polar surface area (TPSA) is 21.3 Å². The number of rotatable bonds is 6. The predicted molar refractivity (Wildman–Crippen MR) is 105 cm³/mol. The van der Waals surface area contributed by atoms with Gasteiger partial charge in [-0.1, -0.05) is 54.1 Å². The Hall–Kier alpha value is -2.45. The van der Waals surface area contributed by atoms with Gasteiger partial charge in [-0.05, 0) is 54.8 Å². The summed E-state index contributed by atoms with van der Waals surface area (Å²) in [6, 6.07) is 22.2. The number of ether oxygens (including phenoxy) is 1. The number of benzene rings is 3. The summed E-state index contributed by atoms with van der Waals surface area (Å²) in [5.74, 6) is 0.843. The first-order valence-electron chi connectivity index (χ1n) is 8.39. The van der Waals surface area contributed by atoms with E-state index >= 15 is 0 Å². The van der Waals surface area contributed by atoms with Gasteiger partial charge in [0.1, 0.15) is 12.4 Å². The van der Waals surface area contributed by atoms with Gasteiger partial charge >= 0.3 is 0 Å². The Bertz CT molecular complexity index is 843. The van der Waals surface area contributed by atoms with Crippen molar-refractivity contribution >= 4 is 17.3 Å². The quantitative estimate of drug-likeness (QED) is 0.575. The number of hydrogen-bond acceptors (Lipinski definition) is 2. The SMILES string of the molecule is Cc1cccc(NCc2ccc(OCc3ccccc3Cl)cc2)c1C.